The van der Waals surface area contributed by atoms with Crippen molar-refractivity contribution in [3.8, 4) is 5.75 Å². The summed E-state index contributed by atoms with van der Waals surface area (Å²) in [6.07, 6.45) is 2.44. The minimum absolute atomic E-state index is 0.0528. The van der Waals surface area contributed by atoms with Gasteiger partial charge in [0.1, 0.15) is 23.7 Å². The number of hydrogen-bond donors (Lipinski definition) is 3. The number of anilines is 3. The number of amides is 2. The lowest BCUT2D eigenvalue weighted by Gasteiger charge is -2.35. The molecule has 214 valence electrons. The van der Waals surface area contributed by atoms with E-state index in [2.05, 4.69) is 22.2 Å². The number of ether oxygens (including phenoxy) is 2. The maximum atomic E-state index is 13.0. The number of aliphatic hydroxyl groups is 1. The number of nitrogens with one attached hydrogen (secondary N) is 1. The number of nitrogen functional groups attached to an aromatic ring is 1. The van der Waals surface area contributed by atoms with Gasteiger partial charge in [0.15, 0.2) is 0 Å². The van der Waals surface area contributed by atoms with E-state index >= 15 is 0 Å². The van der Waals surface area contributed by atoms with E-state index in [0.717, 1.165) is 29.7 Å². The van der Waals surface area contributed by atoms with Crippen molar-refractivity contribution in [1.29, 1.82) is 0 Å². The lowest BCUT2D eigenvalue weighted by Crippen LogP contribution is -2.53. The van der Waals surface area contributed by atoms with Crippen LogP contribution in [-0.4, -0.2) is 77.0 Å². The molecule has 1 atom stereocenters. The first-order valence-electron chi connectivity index (χ1n) is 13.4. The number of aliphatic hydroxyl groups excluding tert-OH is 1. The molecule has 0 radical (unpaired) electrons. The van der Waals surface area contributed by atoms with E-state index < -0.39 is 11.7 Å². The summed E-state index contributed by atoms with van der Waals surface area (Å²) in [4.78, 5) is 37.3. The Morgan fingerprint density at radius 2 is 1.97 bits per heavy atom. The molecule has 2 amide bonds. The number of nitrogens with two attached hydrogens (primary N) is 1. The average Bonchev–Trinajstić information content (AvgIpc) is 2.85. The molecule has 11 heteroatoms. The van der Waals surface area contributed by atoms with Gasteiger partial charge in [0, 0.05) is 55.2 Å². The zero-order valence-corrected chi connectivity index (χ0v) is 23.9. The van der Waals surface area contributed by atoms with Crippen LogP contribution in [0.25, 0.3) is 0 Å². The van der Waals surface area contributed by atoms with Gasteiger partial charge in [-0.25, -0.2) is 9.78 Å². The van der Waals surface area contributed by atoms with Gasteiger partial charge < -0.3 is 30.5 Å². The van der Waals surface area contributed by atoms with Crippen LogP contribution >= 0.6 is 0 Å². The monoisotopic (exact) mass is 542 g/mol. The quantitative estimate of drug-likeness (QED) is 0.411. The van der Waals surface area contributed by atoms with Gasteiger partial charge in [0.25, 0.3) is 0 Å². The van der Waals surface area contributed by atoms with E-state index in [1.807, 2.05) is 25.1 Å². The highest BCUT2D eigenvalue weighted by molar-refractivity contribution is 5.97. The molecule has 1 aromatic carbocycles. The van der Waals surface area contributed by atoms with Crippen molar-refractivity contribution in [3.05, 3.63) is 35.0 Å². The van der Waals surface area contributed by atoms with Crippen molar-refractivity contribution >= 4 is 29.5 Å². The van der Waals surface area contributed by atoms with Gasteiger partial charge in [-0.15, -0.1) is 0 Å². The highest BCUT2D eigenvalue weighted by Crippen LogP contribution is 2.31. The minimum Gasteiger partial charge on any atom is -0.496 e. The maximum absolute atomic E-state index is 13.0. The van der Waals surface area contributed by atoms with Gasteiger partial charge in [-0.1, -0.05) is 19.4 Å². The Kier molecular flexibility index (Phi) is 9.96. The van der Waals surface area contributed by atoms with Crippen LogP contribution in [0, 0.1) is 6.92 Å². The number of nitrogens with zero attached hydrogens (tertiary/aromatic N) is 4. The summed E-state index contributed by atoms with van der Waals surface area (Å²) in [5.41, 5.74) is 8.57. The Balaban J connectivity index is 1.81. The highest BCUT2D eigenvalue weighted by Gasteiger charge is 2.31. The Hall–Kier alpha value is -3.60. The second-order valence-electron chi connectivity index (χ2n) is 10.8. The van der Waals surface area contributed by atoms with Crippen molar-refractivity contribution in [2.24, 2.45) is 0 Å². The third-order valence-corrected chi connectivity index (χ3v) is 6.51. The maximum Gasteiger partial charge on any atom is 0.410 e. The average molecular weight is 543 g/mol. The standard InChI is InChI=1S/C28H42N6O5/c1-7-8-20(11-14-35)31-25-22(18(2)30-26(29)32-25)15-19-9-10-21(16-23(19)38-6)34-13-12-33(17-24(34)36)27(37)39-28(3,4)5/h9-10,16,20,35H,7-8,11-15,17H2,1-6H3,(H3,29,30,31,32)/t20-/m0/s1. The van der Waals surface area contributed by atoms with Gasteiger partial charge in [-0.3, -0.25) is 9.69 Å². The fourth-order valence-corrected chi connectivity index (χ4v) is 4.60. The summed E-state index contributed by atoms with van der Waals surface area (Å²) >= 11 is 0. The third-order valence-electron chi connectivity index (χ3n) is 6.51. The Bertz CT molecular complexity index is 1160. The molecule has 1 aliphatic rings. The molecule has 1 fully saturated rings. The van der Waals surface area contributed by atoms with E-state index in [1.54, 1.807) is 32.8 Å². The number of hydrogen-bond acceptors (Lipinski definition) is 9. The van der Waals surface area contributed by atoms with E-state index in [4.69, 9.17) is 15.2 Å². The smallest absolute Gasteiger partial charge is 0.410 e. The predicted molar refractivity (Wildman–Crippen MR) is 151 cm³/mol. The number of aryl methyl sites for hydroxylation is 1. The molecule has 1 saturated heterocycles. The normalized spacial score (nSPS) is 14.8. The molecule has 0 unspecified atom stereocenters. The van der Waals surface area contributed by atoms with Crippen molar-refractivity contribution in [2.45, 2.75) is 71.9 Å². The van der Waals surface area contributed by atoms with E-state index in [1.165, 1.54) is 4.90 Å². The summed E-state index contributed by atoms with van der Waals surface area (Å²) in [5, 5.41) is 13.0. The molecule has 0 aliphatic carbocycles. The van der Waals surface area contributed by atoms with E-state index in [9.17, 15) is 14.7 Å². The van der Waals surface area contributed by atoms with Gasteiger partial charge in [0.2, 0.25) is 11.9 Å². The SMILES string of the molecule is CCC[C@@H](CCO)Nc1nc(N)nc(C)c1Cc1ccc(N2CCN(C(=O)OC(C)(C)C)CC2=O)cc1OC. The number of benzene rings is 1. The Morgan fingerprint density at radius 3 is 2.59 bits per heavy atom. The first-order valence-corrected chi connectivity index (χ1v) is 13.4. The van der Waals surface area contributed by atoms with Crippen molar-refractivity contribution < 1.29 is 24.2 Å². The van der Waals surface area contributed by atoms with Crippen LogP contribution in [0.15, 0.2) is 18.2 Å². The molecule has 1 aliphatic heterocycles. The van der Waals surface area contributed by atoms with Gasteiger partial charge in [-0.2, -0.15) is 4.98 Å². The molecular formula is C28H42N6O5. The summed E-state index contributed by atoms with van der Waals surface area (Å²) < 4.78 is 11.1. The highest BCUT2D eigenvalue weighted by atomic mass is 16.6. The second kappa shape index (κ2) is 13.0. The summed E-state index contributed by atoms with van der Waals surface area (Å²) in [7, 11) is 1.59. The lowest BCUT2D eigenvalue weighted by atomic mass is 10.0. The Labute approximate surface area is 230 Å². The molecule has 2 heterocycles. The largest absolute Gasteiger partial charge is 0.496 e. The number of aromatic nitrogens is 2. The molecule has 39 heavy (non-hydrogen) atoms. The molecule has 1 aromatic heterocycles. The first-order chi connectivity index (χ1) is 18.4. The molecule has 4 N–H and O–H groups in total. The Morgan fingerprint density at radius 1 is 1.23 bits per heavy atom. The van der Waals surface area contributed by atoms with Crippen LogP contribution in [0.2, 0.25) is 0 Å². The van der Waals surface area contributed by atoms with Gasteiger partial charge >= 0.3 is 6.09 Å². The van der Waals surface area contributed by atoms with Crippen LogP contribution in [0.1, 0.15) is 63.8 Å². The number of carbonyl (C=O) groups excluding carboxylic acids is 2. The number of piperazine rings is 1. The second-order valence-corrected chi connectivity index (χ2v) is 10.8. The summed E-state index contributed by atoms with van der Waals surface area (Å²) in [5.74, 6) is 1.26. The molecule has 3 rings (SSSR count). The fourth-order valence-electron chi connectivity index (χ4n) is 4.60. The third kappa shape index (κ3) is 7.95. The zero-order chi connectivity index (χ0) is 28.7. The molecular weight excluding hydrogens is 500 g/mol. The number of carbonyl (C=O) groups is 2. The first kappa shape index (κ1) is 29.9. The van der Waals surface area contributed by atoms with Crippen molar-refractivity contribution in [1.82, 2.24) is 14.9 Å². The molecule has 0 bridgehead atoms. The van der Waals surface area contributed by atoms with Crippen LogP contribution in [0.4, 0.5) is 22.2 Å². The van der Waals surface area contributed by atoms with E-state index in [-0.39, 0.29) is 31.0 Å². The van der Waals surface area contributed by atoms with Gasteiger partial charge in [-0.05, 0) is 52.2 Å². The van der Waals surface area contributed by atoms with Gasteiger partial charge in [0.05, 0.1) is 7.11 Å². The van der Waals surface area contributed by atoms with Crippen molar-refractivity contribution in [2.75, 3.05) is 49.3 Å². The fraction of sp³-hybridized carbons (Fsp3) is 0.571. The lowest BCUT2D eigenvalue weighted by molar-refractivity contribution is -0.121. The summed E-state index contributed by atoms with van der Waals surface area (Å²) in [6.45, 7) is 10.1. The molecule has 0 spiro atoms. The number of methoxy groups -OCH3 is 1. The summed E-state index contributed by atoms with van der Waals surface area (Å²) in [6, 6.07) is 5.70. The number of rotatable bonds is 10. The topological polar surface area (TPSA) is 143 Å². The molecule has 0 saturated carbocycles. The predicted octanol–water partition coefficient (Wildman–Crippen LogP) is 3.51. The zero-order valence-electron chi connectivity index (χ0n) is 23.9. The van der Waals surface area contributed by atoms with Crippen LogP contribution in [0.5, 0.6) is 5.75 Å². The minimum atomic E-state index is -0.626. The molecule has 2 aromatic rings. The van der Waals surface area contributed by atoms with Crippen LogP contribution < -0.4 is 20.7 Å². The van der Waals surface area contributed by atoms with E-state index in [0.29, 0.717) is 43.2 Å². The van der Waals surface area contributed by atoms with Crippen molar-refractivity contribution in [3.63, 3.8) is 0 Å². The van der Waals surface area contributed by atoms with Crippen LogP contribution in [-0.2, 0) is 16.0 Å². The molecule has 11 nitrogen and oxygen atoms in total. The van der Waals surface area contributed by atoms with Crippen LogP contribution in [0.3, 0.4) is 0 Å².